The first-order valence-corrected chi connectivity index (χ1v) is 10.6. The average Bonchev–Trinajstić information content (AvgIpc) is 3.22. The van der Waals surface area contributed by atoms with Gasteiger partial charge < -0.3 is 15.5 Å². The van der Waals surface area contributed by atoms with Crippen molar-refractivity contribution in [1.82, 2.24) is 5.32 Å². The van der Waals surface area contributed by atoms with Gasteiger partial charge in [-0.3, -0.25) is 0 Å². The van der Waals surface area contributed by atoms with Crippen LogP contribution in [0.3, 0.4) is 0 Å². The number of hydrogen-bond acceptors (Lipinski definition) is 2. The van der Waals surface area contributed by atoms with E-state index in [0.717, 1.165) is 31.5 Å². The number of quaternary nitrogens is 1. The number of piperidine rings is 1. The van der Waals surface area contributed by atoms with E-state index >= 15 is 0 Å². The van der Waals surface area contributed by atoms with E-state index in [-0.39, 0.29) is 6.03 Å². The summed E-state index contributed by atoms with van der Waals surface area (Å²) in [6.45, 7) is 3.26. The number of carbonyl (C=O) groups is 1. The first-order valence-electron chi connectivity index (χ1n) is 9.76. The number of amides is 2. The molecule has 3 N–H and O–H groups in total. The third-order valence-corrected chi connectivity index (χ3v) is 6.87. The van der Waals surface area contributed by atoms with Crippen LogP contribution in [0.4, 0.5) is 10.5 Å². The number of aryl methyl sites for hydroxylation is 1. The second-order valence-electron chi connectivity index (χ2n) is 7.58. The van der Waals surface area contributed by atoms with Gasteiger partial charge in [-0.2, -0.15) is 0 Å². The molecule has 0 saturated carbocycles. The van der Waals surface area contributed by atoms with Crippen LogP contribution in [0.15, 0.2) is 41.8 Å². The molecule has 0 spiro atoms. The van der Waals surface area contributed by atoms with E-state index in [0.29, 0.717) is 18.1 Å². The van der Waals surface area contributed by atoms with Crippen molar-refractivity contribution in [3.8, 4) is 0 Å². The number of benzene rings is 1. The highest BCUT2D eigenvalue weighted by Gasteiger charge is 2.44. The zero-order valence-corrected chi connectivity index (χ0v) is 16.1. The number of carbonyl (C=O) groups excluding carboxylic acids is 1. The molecule has 26 heavy (non-hydrogen) atoms. The number of nitrogens with one attached hydrogen (secondary N) is 3. The summed E-state index contributed by atoms with van der Waals surface area (Å²) in [5, 5.41) is 8.46. The molecule has 5 heteroatoms. The minimum absolute atomic E-state index is 0.0583. The predicted octanol–water partition coefficient (Wildman–Crippen LogP) is 3.21. The normalized spacial score (nSPS) is 27.3. The minimum atomic E-state index is -0.0583. The molecule has 2 amide bonds. The highest BCUT2D eigenvalue weighted by molar-refractivity contribution is 7.09. The Kier molecular flexibility index (Phi) is 5.27. The molecule has 2 aromatic rings. The molecule has 4 atom stereocenters. The van der Waals surface area contributed by atoms with Crippen LogP contribution < -0.4 is 15.5 Å². The molecule has 4 nitrogen and oxygen atoms in total. The summed E-state index contributed by atoms with van der Waals surface area (Å²) >= 11 is 1.86. The predicted molar refractivity (Wildman–Crippen MR) is 107 cm³/mol. The van der Waals surface area contributed by atoms with Crippen molar-refractivity contribution in [2.24, 2.45) is 0 Å². The second kappa shape index (κ2) is 7.80. The maximum atomic E-state index is 12.5. The number of urea groups is 1. The van der Waals surface area contributed by atoms with Gasteiger partial charge in [0.2, 0.25) is 0 Å². The Labute approximate surface area is 159 Å². The summed E-state index contributed by atoms with van der Waals surface area (Å²) in [4.78, 5) is 15.7. The van der Waals surface area contributed by atoms with Crippen LogP contribution in [0.25, 0.3) is 0 Å². The van der Waals surface area contributed by atoms with Crippen molar-refractivity contribution >= 4 is 23.1 Å². The molecule has 2 saturated heterocycles. The van der Waals surface area contributed by atoms with Crippen LogP contribution in [0.5, 0.6) is 0 Å². The Hall–Kier alpha value is -1.85. The van der Waals surface area contributed by atoms with Crippen LogP contribution in [0.2, 0.25) is 0 Å². The van der Waals surface area contributed by atoms with Crippen molar-refractivity contribution in [3.63, 3.8) is 0 Å². The van der Waals surface area contributed by atoms with Crippen LogP contribution in [-0.2, 0) is 13.0 Å². The van der Waals surface area contributed by atoms with Crippen molar-refractivity contribution in [2.45, 2.75) is 63.7 Å². The number of rotatable bonds is 5. The Bertz CT molecular complexity index is 731. The maximum absolute atomic E-state index is 12.5. The first-order chi connectivity index (χ1) is 12.7. The van der Waals surface area contributed by atoms with Gasteiger partial charge in [0, 0.05) is 37.4 Å². The van der Waals surface area contributed by atoms with Crippen LogP contribution in [-0.4, -0.2) is 24.2 Å². The highest BCUT2D eigenvalue weighted by atomic mass is 32.1. The summed E-state index contributed by atoms with van der Waals surface area (Å²) in [5.41, 5.74) is 2.11. The van der Waals surface area contributed by atoms with E-state index in [1.807, 2.05) is 29.5 Å². The van der Waals surface area contributed by atoms with Gasteiger partial charge >= 0.3 is 6.03 Å². The van der Waals surface area contributed by atoms with Crippen LogP contribution in [0, 0.1) is 0 Å². The molecule has 1 aromatic carbocycles. The Morgan fingerprint density at radius 3 is 2.62 bits per heavy atom. The minimum Gasteiger partial charge on any atom is -0.335 e. The summed E-state index contributed by atoms with van der Waals surface area (Å²) in [6, 6.07) is 14.1. The summed E-state index contributed by atoms with van der Waals surface area (Å²) in [7, 11) is 0. The smallest absolute Gasteiger partial charge is 0.319 e. The summed E-state index contributed by atoms with van der Waals surface area (Å²) in [6.07, 6.45) is 5.71. The van der Waals surface area contributed by atoms with Gasteiger partial charge in [0.05, 0.1) is 17.0 Å². The molecule has 2 bridgehead atoms. The van der Waals surface area contributed by atoms with E-state index in [1.54, 1.807) is 4.90 Å². The lowest BCUT2D eigenvalue weighted by Crippen LogP contribution is -3.17. The Morgan fingerprint density at radius 1 is 1.15 bits per heavy atom. The number of anilines is 1. The molecule has 0 aliphatic carbocycles. The molecule has 2 unspecified atom stereocenters. The molecule has 3 heterocycles. The zero-order valence-electron chi connectivity index (χ0n) is 15.3. The van der Waals surface area contributed by atoms with Crippen molar-refractivity contribution < 1.29 is 9.69 Å². The number of fused-ring (bicyclic) bond motifs is 2. The van der Waals surface area contributed by atoms with Crippen molar-refractivity contribution in [1.29, 1.82) is 0 Å². The monoisotopic (exact) mass is 370 g/mol. The maximum Gasteiger partial charge on any atom is 0.319 e. The van der Waals surface area contributed by atoms with Gasteiger partial charge in [-0.1, -0.05) is 31.2 Å². The lowest BCUT2D eigenvalue weighted by atomic mass is 9.97. The lowest BCUT2D eigenvalue weighted by Gasteiger charge is -2.36. The molecular formula is C21H28N3OS+. The van der Waals surface area contributed by atoms with E-state index in [4.69, 9.17) is 0 Å². The fraction of sp³-hybridized carbons (Fsp3) is 0.476. The molecule has 0 radical (unpaired) electrons. The van der Waals surface area contributed by atoms with Gasteiger partial charge in [-0.05, 0) is 29.5 Å². The largest absolute Gasteiger partial charge is 0.335 e. The first kappa shape index (κ1) is 17.6. The average molecular weight is 371 g/mol. The molecule has 2 aliphatic rings. The zero-order chi connectivity index (χ0) is 17.9. The molecule has 1 aromatic heterocycles. The van der Waals surface area contributed by atoms with E-state index in [2.05, 4.69) is 41.1 Å². The summed E-state index contributed by atoms with van der Waals surface area (Å²) < 4.78 is 0. The lowest BCUT2D eigenvalue weighted by molar-refractivity contribution is -0.954. The topological polar surface area (TPSA) is 45.6 Å². The van der Waals surface area contributed by atoms with Crippen LogP contribution in [0.1, 0.15) is 43.0 Å². The molecule has 2 fully saturated rings. The van der Waals surface area contributed by atoms with Gasteiger partial charge in [0.1, 0.15) is 6.54 Å². The SMILES string of the molecule is CCc1ccccc1NC(=O)NC1C[C@H]2CC[C@@H](C1)[NH+]2Cc1cccs1. The van der Waals surface area contributed by atoms with Gasteiger partial charge in [-0.15, -0.1) is 11.3 Å². The van der Waals surface area contributed by atoms with Crippen molar-refractivity contribution in [2.75, 3.05) is 5.32 Å². The highest BCUT2D eigenvalue weighted by Crippen LogP contribution is 2.24. The van der Waals surface area contributed by atoms with E-state index in [9.17, 15) is 4.79 Å². The number of thiophene rings is 1. The van der Waals surface area contributed by atoms with E-state index in [1.165, 1.54) is 23.3 Å². The molecule has 2 aliphatic heterocycles. The van der Waals surface area contributed by atoms with E-state index < -0.39 is 0 Å². The third-order valence-electron chi connectivity index (χ3n) is 5.99. The Morgan fingerprint density at radius 2 is 1.92 bits per heavy atom. The second-order valence-corrected chi connectivity index (χ2v) is 8.61. The fourth-order valence-electron chi connectivity index (χ4n) is 4.74. The third kappa shape index (κ3) is 3.79. The number of para-hydroxylation sites is 1. The standard InChI is InChI=1S/C21H27N3OS/c1-2-15-6-3-4-8-20(15)23-21(25)22-16-12-17-9-10-18(13-16)24(17)14-19-7-5-11-26-19/h3-8,11,16-18H,2,9-10,12-14H2,1H3,(H2,22,23,25)/p+1/t16?,17-,18+. The molecular weight excluding hydrogens is 342 g/mol. The van der Waals surface area contributed by atoms with Crippen LogP contribution >= 0.6 is 11.3 Å². The summed E-state index contributed by atoms with van der Waals surface area (Å²) in [5.74, 6) is 0. The molecule has 138 valence electrons. The van der Waals surface area contributed by atoms with Gasteiger partial charge in [0.15, 0.2) is 0 Å². The van der Waals surface area contributed by atoms with Crippen molar-refractivity contribution in [3.05, 3.63) is 52.2 Å². The fourth-order valence-corrected chi connectivity index (χ4v) is 5.48. The van der Waals surface area contributed by atoms with Gasteiger partial charge in [-0.25, -0.2) is 4.79 Å². The Balaban J connectivity index is 1.33. The number of hydrogen-bond donors (Lipinski definition) is 3. The quantitative estimate of drug-likeness (QED) is 0.744. The van der Waals surface area contributed by atoms with Gasteiger partial charge in [0.25, 0.3) is 0 Å². The molecule has 4 rings (SSSR count).